The van der Waals surface area contributed by atoms with Crippen molar-refractivity contribution >= 4 is 0 Å². The summed E-state index contributed by atoms with van der Waals surface area (Å²) in [6, 6.07) is 0. The van der Waals surface area contributed by atoms with Gasteiger partial charge in [0.2, 0.25) is 0 Å². The van der Waals surface area contributed by atoms with E-state index in [2.05, 4.69) is 31.8 Å². The molecule has 1 aliphatic heterocycles. The van der Waals surface area contributed by atoms with Crippen molar-refractivity contribution in [1.29, 1.82) is 0 Å². The minimum atomic E-state index is 1.00. The zero-order valence-corrected chi connectivity index (χ0v) is 9.19. The Balaban J connectivity index is 0. The normalized spacial score (nSPS) is 14.8. The van der Waals surface area contributed by atoms with Crippen LogP contribution in [0.2, 0.25) is 0 Å². The first-order valence-corrected chi connectivity index (χ1v) is 5.13. The Morgan fingerprint density at radius 1 is 1.08 bits per heavy atom. The highest BCUT2D eigenvalue weighted by molar-refractivity contribution is 4.71. The standard InChI is InChI=1S/C5H11N.C4H10.CH5N/c1-2-5-3-6-4-5;1-3-4-2;1-2/h5-6H,2-4H2,1H3;3-4H2,1-2H3;2H2,1H3. The Labute approximate surface area is 77.9 Å². The Bertz CT molecular complexity index is 56.1. The summed E-state index contributed by atoms with van der Waals surface area (Å²) in [6.45, 7) is 9.12. The number of rotatable bonds is 2. The lowest BCUT2D eigenvalue weighted by molar-refractivity contribution is 0.339. The van der Waals surface area contributed by atoms with Crippen LogP contribution in [0.1, 0.15) is 40.0 Å². The van der Waals surface area contributed by atoms with Gasteiger partial charge >= 0.3 is 0 Å². The SMILES string of the molecule is CCC1CNC1.CCCC.CN. The van der Waals surface area contributed by atoms with Crippen molar-refractivity contribution in [1.82, 2.24) is 5.32 Å². The fourth-order valence-corrected chi connectivity index (χ4v) is 0.637. The van der Waals surface area contributed by atoms with Crippen LogP contribution in [0.25, 0.3) is 0 Å². The van der Waals surface area contributed by atoms with E-state index >= 15 is 0 Å². The minimum Gasteiger partial charge on any atom is -0.333 e. The van der Waals surface area contributed by atoms with Gasteiger partial charge in [-0.2, -0.15) is 0 Å². The molecule has 1 saturated heterocycles. The van der Waals surface area contributed by atoms with Gasteiger partial charge in [-0.15, -0.1) is 0 Å². The van der Waals surface area contributed by atoms with Crippen molar-refractivity contribution < 1.29 is 0 Å². The van der Waals surface area contributed by atoms with E-state index in [0.29, 0.717) is 0 Å². The number of unbranched alkanes of at least 4 members (excludes halogenated alkanes) is 1. The van der Waals surface area contributed by atoms with Crippen LogP contribution >= 0.6 is 0 Å². The first-order valence-electron chi connectivity index (χ1n) is 5.13. The Kier molecular flexibility index (Phi) is 16.3. The predicted octanol–water partition coefficient (Wildman–Crippen LogP) is 2.00. The van der Waals surface area contributed by atoms with E-state index in [1.807, 2.05) is 0 Å². The van der Waals surface area contributed by atoms with E-state index in [1.165, 1.54) is 39.4 Å². The molecule has 0 aliphatic carbocycles. The summed E-state index contributed by atoms with van der Waals surface area (Å²) < 4.78 is 0. The van der Waals surface area contributed by atoms with E-state index in [1.54, 1.807) is 0 Å². The zero-order valence-electron chi connectivity index (χ0n) is 9.19. The highest BCUT2D eigenvalue weighted by Gasteiger charge is 2.12. The van der Waals surface area contributed by atoms with E-state index in [4.69, 9.17) is 0 Å². The quantitative estimate of drug-likeness (QED) is 0.672. The van der Waals surface area contributed by atoms with Crippen LogP contribution in [-0.4, -0.2) is 20.1 Å². The molecule has 0 aromatic heterocycles. The molecule has 76 valence electrons. The first-order chi connectivity index (χ1) is 5.85. The molecule has 0 saturated carbocycles. The summed E-state index contributed by atoms with van der Waals surface area (Å²) in [7, 11) is 1.50. The maximum Gasteiger partial charge on any atom is -0.000836 e. The number of nitrogens with one attached hydrogen (secondary N) is 1. The molecule has 0 spiro atoms. The van der Waals surface area contributed by atoms with Gasteiger partial charge in [-0.05, 0) is 26.1 Å². The molecule has 0 atom stereocenters. The van der Waals surface area contributed by atoms with Crippen molar-refractivity contribution in [2.24, 2.45) is 11.7 Å². The molecular weight excluding hydrogens is 148 g/mol. The summed E-state index contributed by atoms with van der Waals surface area (Å²) >= 11 is 0. The lowest BCUT2D eigenvalue weighted by Crippen LogP contribution is -2.41. The molecule has 1 rings (SSSR count). The van der Waals surface area contributed by atoms with E-state index < -0.39 is 0 Å². The van der Waals surface area contributed by atoms with Gasteiger partial charge in [0.15, 0.2) is 0 Å². The summed E-state index contributed by atoms with van der Waals surface area (Å²) in [4.78, 5) is 0. The van der Waals surface area contributed by atoms with Gasteiger partial charge in [0.05, 0.1) is 0 Å². The lowest BCUT2D eigenvalue weighted by atomic mass is 10.0. The van der Waals surface area contributed by atoms with Crippen LogP contribution in [0, 0.1) is 5.92 Å². The van der Waals surface area contributed by atoms with Gasteiger partial charge in [-0.1, -0.05) is 40.0 Å². The van der Waals surface area contributed by atoms with Crippen molar-refractivity contribution in [3.8, 4) is 0 Å². The summed E-state index contributed by atoms with van der Waals surface area (Å²) in [5.41, 5.74) is 4.50. The van der Waals surface area contributed by atoms with Crippen LogP contribution < -0.4 is 11.1 Å². The van der Waals surface area contributed by atoms with Crippen LogP contribution in [0.4, 0.5) is 0 Å². The minimum absolute atomic E-state index is 1.00. The van der Waals surface area contributed by atoms with Gasteiger partial charge in [0, 0.05) is 0 Å². The van der Waals surface area contributed by atoms with Crippen LogP contribution in [0.3, 0.4) is 0 Å². The first kappa shape index (κ1) is 14.4. The molecule has 0 aromatic carbocycles. The number of nitrogens with two attached hydrogens (primary N) is 1. The maximum atomic E-state index is 4.50. The smallest absolute Gasteiger partial charge is 0.000836 e. The average Bonchev–Trinajstić information content (AvgIpc) is 2.07. The van der Waals surface area contributed by atoms with E-state index in [0.717, 1.165) is 5.92 Å². The Hall–Kier alpha value is -0.0800. The van der Waals surface area contributed by atoms with Gasteiger partial charge < -0.3 is 11.1 Å². The molecule has 0 aromatic rings. The highest BCUT2D eigenvalue weighted by atomic mass is 14.9. The third-order valence-corrected chi connectivity index (χ3v) is 1.94. The molecule has 0 unspecified atom stereocenters. The van der Waals surface area contributed by atoms with E-state index in [9.17, 15) is 0 Å². The fourth-order valence-electron chi connectivity index (χ4n) is 0.637. The molecular formula is C10H26N2. The molecule has 1 aliphatic rings. The Morgan fingerprint density at radius 3 is 1.50 bits per heavy atom. The molecule has 3 N–H and O–H groups in total. The van der Waals surface area contributed by atoms with Crippen molar-refractivity contribution in [3.63, 3.8) is 0 Å². The molecule has 2 nitrogen and oxygen atoms in total. The molecule has 0 bridgehead atoms. The van der Waals surface area contributed by atoms with Crippen molar-refractivity contribution in [2.75, 3.05) is 20.1 Å². The Morgan fingerprint density at radius 2 is 1.50 bits per heavy atom. The summed E-state index contributed by atoms with van der Waals surface area (Å²) in [5, 5.41) is 3.21. The highest BCUT2D eigenvalue weighted by Crippen LogP contribution is 2.05. The van der Waals surface area contributed by atoms with Crippen LogP contribution in [0.15, 0.2) is 0 Å². The second kappa shape index (κ2) is 13.5. The van der Waals surface area contributed by atoms with Gasteiger partial charge in [-0.3, -0.25) is 0 Å². The monoisotopic (exact) mass is 174 g/mol. The van der Waals surface area contributed by atoms with Gasteiger partial charge in [0.1, 0.15) is 0 Å². The fraction of sp³-hybridized carbons (Fsp3) is 1.00. The number of hydrogen-bond acceptors (Lipinski definition) is 2. The molecule has 1 heterocycles. The zero-order chi connectivity index (χ0) is 9.82. The predicted molar refractivity (Wildman–Crippen MR) is 57.3 cm³/mol. The second-order valence-electron chi connectivity index (χ2n) is 2.93. The lowest BCUT2D eigenvalue weighted by Gasteiger charge is -2.25. The van der Waals surface area contributed by atoms with E-state index in [-0.39, 0.29) is 0 Å². The third-order valence-electron chi connectivity index (χ3n) is 1.94. The number of hydrogen-bond donors (Lipinski definition) is 2. The average molecular weight is 174 g/mol. The van der Waals surface area contributed by atoms with Crippen molar-refractivity contribution in [2.45, 2.75) is 40.0 Å². The third kappa shape index (κ3) is 9.92. The molecule has 12 heavy (non-hydrogen) atoms. The maximum absolute atomic E-state index is 4.50. The molecule has 2 heteroatoms. The molecule has 1 fully saturated rings. The van der Waals surface area contributed by atoms with Crippen LogP contribution in [-0.2, 0) is 0 Å². The second-order valence-corrected chi connectivity index (χ2v) is 2.93. The summed E-state index contributed by atoms with van der Waals surface area (Å²) in [6.07, 6.45) is 3.99. The largest absolute Gasteiger partial charge is 0.333 e. The summed E-state index contributed by atoms with van der Waals surface area (Å²) in [5.74, 6) is 1.00. The van der Waals surface area contributed by atoms with Crippen molar-refractivity contribution in [3.05, 3.63) is 0 Å². The van der Waals surface area contributed by atoms with Crippen LogP contribution in [0.5, 0.6) is 0 Å². The van der Waals surface area contributed by atoms with Gasteiger partial charge in [-0.25, -0.2) is 0 Å². The molecule has 0 radical (unpaired) electrons. The van der Waals surface area contributed by atoms with Gasteiger partial charge in [0.25, 0.3) is 0 Å². The molecule has 0 amide bonds. The topological polar surface area (TPSA) is 38.0 Å².